The number of halogens is 2. The number of hydrogen-bond donors (Lipinski definition) is 3. The van der Waals surface area contributed by atoms with Gasteiger partial charge in [-0.2, -0.15) is 0 Å². The third-order valence-corrected chi connectivity index (χ3v) is 6.50. The molecule has 3 N–H and O–H groups in total. The minimum Gasteiger partial charge on any atom is -0.352 e. The largest absolute Gasteiger partial charge is 0.352 e. The number of nitrogens with one attached hydrogen (secondary N) is 3. The van der Waals surface area contributed by atoms with Crippen LogP contribution in [0.5, 0.6) is 0 Å². The normalized spacial score (nSPS) is 11.0. The van der Waals surface area contributed by atoms with Crippen molar-refractivity contribution in [2.45, 2.75) is 26.9 Å². The smallest absolute Gasteiger partial charge is 0.268 e. The number of nitrogens with zero attached hydrogens (tertiary/aromatic N) is 1. The number of aromatic nitrogens is 1. The van der Waals surface area contributed by atoms with Crippen molar-refractivity contribution in [2.75, 3.05) is 5.32 Å². The Morgan fingerprint density at radius 3 is 2.26 bits per heavy atom. The van der Waals surface area contributed by atoms with Gasteiger partial charge in [0.05, 0.1) is 10.6 Å². The quantitative estimate of drug-likeness (QED) is 0.281. The SMILES string of the molecule is CC(C)C(=O)NCc1ccc(Cl)c(C(=O)Nc2ccc3c(c2)cc(C(=O)NCc2ccc(F)cc2)n3C)c1. The molecule has 3 amide bonds. The van der Waals surface area contributed by atoms with E-state index in [4.69, 9.17) is 11.6 Å². The number of fused-ring (bicyclic) bond motifs is 1. The highest BCUT2D eigenvalue weighted by Gasteiger charge is 2.16. The summed E-state index contributed by atoms with van der Waals surface area (Å²) in [7, 11) is 1.79. The number of carbonyl (C=O) groups is 3. The average Bonchev–Trinajstić information content (AvgIpc) is 3.22. The predicted octanol–water partition coefficient (Wildman–Crippen LogP) is 5.43. The Kier molecular flexibility index (Phi) is 8.12. The summed E-state index contributed by atoms with van der Waals surface area (Å²) in [5.74, 6) is -1.21. The lowest BCUT2D eigenvalue weighted by molar-refractivity contribution is -0.124. The van der Waals surface area contributed by atoms with E-state index in [0.29, 0.717) is 16.4 Å². The van der Waals surface area contributed by atoms with E-state index < -0.39 is 0 Å². The van der Waals surface area contributed by atoms with Crippen LogP contribution in [0.2, 0.25) is 5.02 Å². The molecule has 0 aliphatic rings. The van der Waals surface area contributed by atoms with Crippen LogP contribution in [0.3, 0.4) is 0 Å². The molecule has 4 rings (SSSR count). The fraction of sp³-hybridized carbons (Fsp3) is 0.207. The van der Waals surface area contributed by atoms with Crippen molar-refractivity contribution in [2.24, 2.45) is 13.0 Å². The monoisotopic (exact) mass is 534 g/mol. The molecular weight excluding hydrogens is 507 g/mol. The molecule has 9 heteroatoms. The third-order valence-electron chi connectivity index (χ3n) is 6.17. The van der Waals surface area contributed by atoms with E-state index in [0.717, 1.165) is 22.0 Å². The summed E-state index contributed by atoms with van der Waals surface area (Å²) in [6.45, 7) is 4.17. The van der Waals surface area contributed by atoms with Gasteiger partial charge < -0.3 is 20.5 Å². The zero-order valence-corrected chi connectivity index (χ0v) is 22.0. The van der Waals surface area contributed by atoms with Crippen LogP contribution in [-0.2, 0) is 24.9 Å². The summed E-state index contributed by atoms with van der Waals surface area (Å²) in [6.07, 6.45) is 0. The zero-order chi connectivity index (χ0) is 27.4. The molecule has 0 aliphatic carbocycles. The molecule has 0 atom stereocenters. The summed E-state index contributed by atoms with van der Waals surface area (Å²) in [4.78, 5) is 37.7. The first kappa shape index (κ1) is 26.9. The molecule has 196 valence electrons. The number of anilines is 1. The molecule has 0 spiro atoms. The minimum absolute atomic E-state index is 0.0781. The maximum absolute atomic E-state index is 13.1. The maximum Gasteiger partial charge on any atom is 0.268 e. The fourth-order valence-electron chi connectivity index (χ4n) is 3.97. The van der Waals surface area contributed by atoms with Gasteiger partial charge in [-0.05, 0) is 59.7 Å². The topological polar surface area (TPSA) is 92.2 Å². The first-order valence-electron chi connectivity index (χ1n) is 12.1. The summed E-state index contributed by atoms with van der Waals surface area (Å²) < 4.78 is 14.9. The number of benzene rings is 3. The number of amides is 3. The Morgan fingerprint density at radius 2 is 1.55 bits per heavy atom. The molecule has 0 saturated heterocycles. The molecule has 0 aliphatic heterocycles. The maximum atomic E-state index is 13.1. The van der Waals surface area contributed by atoms with Gasteiger partial charge in [0.1, 0.15) is 11.5 Å². The van der Waals surface area contributed by atoms with Crippen LogP contribution in [0.25, 0.3) is 10.9 Å². The molecular formula is C29H28ClFN4O3. The highest BCUT2D eigenvalue weighted by Crippen LogP contribution is 2.25. The minimum atomic E-state index is -0.389. The second-order valence-electron chi connectivity index (χ2n) is 9.31. The van der Waals surface area contributed by atoms with Crippen molar-refractivity contribution in [3.8, 4) is 0 Å². The number of carbonyl (C=O) groups excluding carboxylic acids is 3. The van der Waals surface area contributed by atoms with E-state index in [9.17, 15) is 18.8 Å². The first-order valence-corrected chi connectivity index (χ1v) is 12.5. The molecule has 1 heterocycles. The number of aryl methyl sites for hydroxylation is 1. The number of rotatable bonds is 8. The lowest BCUT2D eigenvalue weighted by atomic mass is 10.1. The Bertz CT molecular complexity index is 1510. The lowest BCUT2D eigenvalue weighted by Crippen LogP contribution is -2.27. The van der Waals surface area contributed by atoms with Crippen LogP contribution in [-0.4, -0.2) is 22.3 Å². The van der Waals surface area contributed by atoms with Crippen LogP contribution in [0.4, 0.5) is 10.1 Å². The molecule has 4 aromatic rings. The molecule has 0 bridgehead atoms. The molecule has 0 fully saturated rings. The Morgan fingerprint density at radius 1 is 0.868 bits per heavy atom. The Labute approximate surface area is 225 Å². The van der Waals surface area contributed by atoms with Crippen molar-refractivity contribution in [3.05, 3.63) is 100.0 Å². The van der Waals surface area contributed by atoms with Gasteiger partial charge in [0.25, 0.3) is 11.8 Å². The van der Waals surface area contributed by atoms with E-state index in [1.165, 1.54) is 12.1 Å². The van der Waals surface area contributed by atoms with Crippen molar-refractivity contribution in [1.82, 2.24) is 15.2 Å². The molecule has 0 unspecified atom stereocenters. The molecule has 0 radical (unpaired) electrons. The molecule has 7 nitrogen and oxygen atoms in total. The van der Waals surface area contributed by atoms with Gasteiger partial charge in [-0.15, -0.1) is 0 Å². The van der Waals surface area contributed by atoms with E-state index in [1.54, 1.807) is 60.1 Å². The highest BCUT2D eigenvalue weighted by molar-refractivity contribution is 6.34. The van der Waals surface area contributed by atoms with Gasteiger partial charge in [0.15, 0.2) is 0 Å². The van der Waals surface area contributed by atoms with Crippen LogP contribution in [0.15, 0.2) is 66.7 Å². The average molecular weight is 535 g/mol. The van der Waals surface area contributed by atoms with Gasteiger partial charge in [0.2, 0.25) is 5.91 Å². The van der Waals surface area contributed by atoms with E-state index in [2.05, 4.69) is 16.0 Å². The summed E-state index contributed by atoms with van der Waals surface area (Å²) >= 11 is 6.29. The molecule has 3 aromatic carbocycles. The van der Waals surface area contributed by atoms with Gasteiger partial charge in [-0.1, -0.05) is 43.6 Å². The predicted molar refractivity (Wildman–Crippen MR) is 147 cm³/mol. The summed E-state index contributed by atoms with van der Waals surface area (Å²) in [5.41, 5.74) is 3.63. The second kappa shape index (κ2) is 11.5. The molecule has 1 aromatic heterocycles. The highest BCUT2D eigenvalue weighted by atomic mass is 35.5. The Hall–Kier alpha value is -4.17. The fourth-order valence-corrected chi connectivity index (χ4v) is 4.17. The standard InChI is InChI=1S/C29H28ClFN4O3/c1-17(2)27(36)32-16-19-6-10-24(30)23(12-19)28(37)34-22-9-11-25-20(13-22)14-26(35(25)3)29(38)33-15-18-4-7-21(31)8-5-18/h4-14,17H,15-16H2,1-3H3,(H,32,36)(H,33,38)(H,34,37). The molecule has 38 heavy (non-hydrogen) atoms. The van der Waals surface area contributed by atoms with Crippen molar-refractivity contribution in [1.29, 1.82) is 0 Å². The van der Waals surface area contributed by atoms with Crippen LogP contribution in [0, 0.1) is 11.7 Å². The third kappa shape index (κ3) is 6.20. The van der Waals surface area contributed by atoms with Crippen LogP contribution < -0.4 is 16.0 Å². The van der Waals surface area contributed by atoms with E-state index in [-0.39, 0.29) is 48.1 Å². The van der Waals surface area contributed by atoms with E-state index >= 15 is 0 Å². The number of hydrogen-bond acceptors (Lipinski definition) is 3. The second-order valence-corrected chi connectivity index (χ2v) is 9.72. The van der Waals surface area contributed by atoms with Gasteiger partial charge in [0, 0.05) is 42.6 Å². The zero-order valence-electron chi connectivity index (χ0n) is 21.3. The Balaban J connectivity index is 1.47. The van der Waals surface area contributed by atoms with Crippen molar-refractivity contribution < 1.29 is 18.8 Å². The van der Waals surface area contributed by atoms with Crippen molar-refractivity contribution in [3.63, 3.8) is 0 Å². The van der Waals surface area contributed by atoms with Crippen LogP contribution >= 0.6 is 11.6 Å². The lowest BCUT2D eigenvalue weighted by Gasteiger charge is -2.11. The van der Waals surface area contributed by atoms with Crippen molar-refractivity contribution >= 4 is 45.9 Å². The van der Waals surface area contributed by atoms with Gasteiger partial charge in [-0.3, -0.25) is 14.4 Å². The van der Waals surface area contributed by atoms with Gasteiger partial charge >= 0.3 is 0 Å². The summed E-state index contributed by atoms with van der Waals surface area (Å²) in [6, 6.07) is 18.1. The van der Waals surface area contributed by atoms with Gasteiger partial charge in [-0.25, -0.2) is 4.39 Å². The summed E-state index contributed by atoms with van der Waals surface area (Å²) in [5, 5.41) is 9.60. The van der Waals surface area contributed by atoms with E-state index in [1.807, 2.05) is 19.9 Å². The van der Waals surface area contributed by atoms with Crippen LogP contribution in [0.1, 0.15) is 45.8 Å². The molecule has 0 saturated carbocycles. The first-order chi connectivity index (χ1) is 18.1.